The van der Waals surface area contributed by atoms with Gasteiger partial charge in [0.05, 0.1) is 0 Å². The molecular formula is C16H32N2. The summed E-state index contributed by atoms with van der Waals surface area (Å²) in [5.74, 6) is 1.78. The summed E-state index contributed by atoms with van der Waals surface area (Å²) >= 11 is 0. The van der Waals surface area contributed by atoms with E-state index in [4.69, 9.17) is 5.73 Å². The molecule has 3 N–H and O–H groups in total. The zero-order chi connectivity index (χ0) is 12.8. The first-order chi connectivity index (χ1) is 8.79. The molecule has 0 radical (unpaired) electrons. The summed E-state index contributed by atoms with van der Waals surface area (Å²) in [6, 6.07) is 1.33. The number of rotatable bonds is 4. The summed E-state index contributed by atoms with van der Waals surface area (Å²) in [5, 5.41) is 3.91. The van der Waals surface area contributed by atoms with Crippen molar-refractivity contribution < 1.29 is 0 Å². The van der Waals surface area contributed by atoms with Crippen molar-refractivity contribution in [2.75, 3.05) is 6.54 Å². The number of hydrogen-bond acceptors (Lipinski definition) is 2. The van der Waals surface area contributed by atoms with E-state index in [1.165, 1.54) is 64.2 Å². The second kappa shape index (κ2) is 7.49. The van der Waals surface area contributed by atoms with Gasteiger partial charge in [0.25, 0.3) is 0 Å². The summed E-state index contributed by atoms with van der Waals surface area (Å²) < 4.78 is 0. The Bertz CT molecular complexity index is 213. The van der Waals surface area contributed by atoms with Gasteiger partial charge >= 0.3 is 0 Å². The van der Waals surface area contributed by atoms with Crippen molar-refractivity contribution in [2.45, 2.75) is 83.2 Å². The molecule has 2 heteroatoms. The highest BCUT2D eigenvalue weighted by Gasteiger charge is 2.27. The minimum Gasteiger partial charge on any atom is -0.329 e. The van der Waals surface area contributed by atoms with Crippen molar-refractivity contribution in [3.63, 3.8) is 0 Å². The predicted octanol–water partition coefficient (Wildman–Crippen LogP) is 3.45. The van der Waals surface area contributed by atoms with E-state index in [2.05, 4.69) is 12.2 Å². The van der Waals surface area contributed by atoms with Crippen molar-refractivity contribution in [1.82, 2.24) is 5.32 Å². The summed E-state index contributed by atoms with van der Waals surface area (Å²) in [6.07, 6.45) is 14.1. The normalized spacial score (nSPS) is 33.0. The molecule has 2 aliphatic rings. The topological polar surface area (TPSA) is 38.0 Å². The number of nitrogens with one attached hydrogen (secondary N) is 1. The Kier molecular flexibility index (Phi) is 5.97. The largest absolute Gasteiger partial charge is 0.329 e. The van der Waals surface area contributed by atoms with Crippen molar-refractivity contribution in [3.05, 3.63) is 0 Å². The summed E-state index contributed by atoms with van der Waals surface area (Å²) in [7, 11) is 0. The Labute approximate surface area is 113 Å². The van der Waals surface area contributed by atoms with Gasteiger partial charge in [-0.15, -0.1) is 0 Å². The van der Waals surface area contributed by atoms with Gasteiger partial charge in [0.1, 0.15) is 0 Å². The number of nitrogens with two attached hydrogens (primary N) is 1. The highest BCUT2D eigenvalue weighted by atomic mass is 15.0. The molecule has 0 amide bonds. The second-order valence-corrected chi connectivity index (χ2v) is 6.72. The average molecular weight is 252 g/mol. The Morgan fingerprint density at radius 2 is 1.56 bits per heavy atom. The lowest BCUT2D eigenvalue weighted by atomic mass is 9.79. The highest BCUT2D eigenvalue weighted by molar-refractivity contribution is 4.85. The van der Waals surface area contributed by atoms with E-state index in [0.717, 1.165) is 24.4 Å². The molecule has 106 valence electrons. The molecule has 0 spiro atoms. The molecule has 1 atom stereocenters. The van der Waals surface area contributed by atoms with Gasteiger partial charge in [0.2, 0.25) is 0 Å². The van der Waals surface area contributed by atoms with Gasteiger partial charge in [-0.05, 0) is 37.5 Å². The lowest BCUT2D eigenvalue weighted by molar-refractivity contribution is 0.216. The molecule has 2 nitrogen and oxygen atoms in total. The zero-order valence-corrected chi connectivity index (χ0v) is 12.2. The van der Waals surface area contributed by atoms with E-state index in [9.17, 15) is 0 Å². The molecule has 2 saturated carbocycles. The van der Waals surface area contributed by atoms with Gasteiger partial charge in [-0.25, -0.2) is 0 Å². The maximum atomic E-state index is 6.03. The van der Waals surface area contributed by atoms with Crippen LogP contribution in [0.1, 0.15) is 71.1 Å². The molecule has 0 aliphatic heterocycles. The lowest BCUT2D eigenvalue weighted by Gasteiger charge is -2.35. The molecule has 0 saturated heterocycles. The quantitative estimate of drug-likeness (QED) is 0.752. The van der Waals surface area contributed by atoms with E-state index in [1.807, 2.05) is 0 Å². The molecular weight excluding hydrogens is 220 g/mol. The molecule has 2 aliphatic carbocycles. The number of hydrogen-bond donors (Lipinski definition) is 2. The van der Waals surface area contributed by atoms with Crippen molar-refractivity contribution >= 4 is 0 Å². The maximum Gasteiger partial charge on any atom is 0.0221 e. The van der Waals surface area contributed by atoms with E-state index in [0.29, 0.717) is 6.04 Å². The van der Waals surface area contributed by atoms with Crippen LogP contribution >= 0.6 is 0 Å². The Hall–Kier alpha value is -0.0800. The van der Waals surface area contributed by atoms with Gasteiger partial charge in [-0.3, -0.25) is 0 Å². The van der Waals surface area contributed by atoms with Crippen LogP contribution in [0.15, 0.2) is 0 Å². The first-order valence-electron chi connectivity index (χ1n) is 8.25. The van der Waals surface area contributed by atoms with Gasteiger partial charge in [-0.2, -0.15) is 0 Å². The van der Waals surface area contributed by atoms with Gasteiger partial charge < -0.3 is 11.1 Å². The van der Waals surface area contributed by atoms with Gasteiger partial charge in [-0.1, -0.05) is 45.4 Å². The van der Waals surface area contributed by atoms with Crippen LogP contribution in [0.2, 0.25) is 0 Å². The smallest absolute Gasteiger partial charge is 0.0221 e. The van der Waals surface area contributed by atoms with Gasteiger partial charge in [0, 0.05) is 18.6 Å². The first kappa shape index (κ1) is 14.3. The van der Waals surface area contributed by atoms with Crippen LogP contribution in [0, 0.1) is 11.8 Å². The van der Waals surface area contributed by atoms with Crippen LogP contribution in [0.3, 0.4) is 0 Å². The van der Waals surface area contributed by atoms with E-state index in [1.54, 1.807) is 0 Å². The third-order valence-electron chi connectivity index (χ3n) is 5.19. The maximum absolute atomic E-state index is 6.03. The van der Waals surface area contributed by atoms with Crippen molar-refractivity contribution in [2.24, 2.45) is 17.6 Å². The predicted molar refractivity (Wildman–Crippen MR) is 78.6 cm³/mol. The molecule has 0 aromatic carbocycles. The van der Waals surface area contributed by atoms with Crippen LogP contribution in [0.25, 0.3) is 0 Å². The molecule has 0 heterocycles. The third-order valence-corrected chi connectivity index (χ3v) is 5.19. The van der Waals surface area contributed by atoms with Crippen LogP contribution in [0.5, 0.6) is 0 Å². The Morgan fingerprint density at radius 3 is 2.11 bits per heavy atom. The molecule has 0 bridgehead atoms. The fourth-order valence-corrected chi connectivity index (χ4v) is 3.83. The van der Waals surface area contributed by atoms with Crippen LogP contribution in [-0.4, -0.2) is 18.6 Å². The molecule has 0 aromatic heterocycles. The molecule has 2 rings (SSSR count). The minimum absolute atomic E-state index is 0.584. The van der Waals surface area contributed by atoms with Gasteiger partial charge in [0.15, 0.2) is 0 Å². The van der Waals surface area contributed by atoms with E-state index >= 15 is 0 Å². The van der Waals surface area contributed by atoms with E-state index < -0.39 is 0 Å². The highest BCUT2D eigenvalue weighted by Crippen LogP contribution is 2.31. The molecule has 0 aromatic rings. The second-order valence-electron chi connectivity index (χ2n) is 6.72. The SMILES string of the molecule is CC1CCC(C(CN)NC2CCCCCC2)CC1. The molecule has 18 heavy (non-hydrogen) atoms. The summed E-state index contributed by atoms with van der Waals surface area (Å²) in [4.78, 5) is 0. The monoisotopic (exact) mass is 252 g/mol. The average Bonchev–Trinajstić information content (AvgIpc) is 2.66. The molecule has 2 fully saturated rings. The minimum atomic E-state index is 0.584. The Balaban J connectivity index is 1.80. The molecule has 1 unspecified atom stereocenters. The lowest BCUT2D eigenvalue weighted by Crippen LogP contribution is -2.48. The fourth-order valence-electron chi connectivity index (χ4n) is 3.83. The van der Waals surface area contributed by atoms with Crippen molar-refractivity contribution in [1.29, 1.82) is 0 Å². The standard InChI is InChI=1S/C16H32N2/c1-13-8-10-14(11-9-13)16(12-17)18-15-6-4-2-3-5-7-15/h13-16,18H,2-12,17H2,1H3. The Morgan fingerprint density at radius 1 is 0.944 bits per heavy atom. The van der Waals surface area contributed by atoms with Crippen LogP contribution in [-0.2, 0) is 0 Å². The zero-order valence-electron chi connectivity index (χ0n) is 12.2. The van der Waals surface area contributed by atoms with Crippen LogP contribution in [0.4, 0.5) is 0 Å². The summed E-state index contributed by atoms with van der Waals surface area (Å²) in [5.41, 5.74) is 6.03. The first-order valence-corrected chi connectivity index (χ1v) is 8.25. The third kappa shape index (κ3) is 4.24. The summed E-state index contributed by atoms with van der Waals surface area (Å²) in [6.45, 7) is 3.22. The van der Waals surface area contributed by atoms with E-state index in [-0.39, 0.29) is 0 Å². The fraction of sp³-hybridized carbons (Fsp3) is 1.00. The van der Waals surface area contributed by atoms with Crippen LogP contribution < -0.4 is 11.1 Å². The van der Waals surface area contributed by atoms with Crippen molar-refractivity contribution in [3.8, 4) is 0 Å².